The Morgan fingerprint density at radius 1 is 1.10 bits per heavy atom. The standard InChI is InChI=1S/C23H24FN5O2/c1-28(2)21-20(15-25-23(27-21)29-12-3-4-13-29)26-22(30)16-6-5-7-19(14-16)31-18-10-8-17(24)9-11-18/h5-11,14-15H,3-4,12-13H2,1-2H3,(H,26,30). The first-order chi connectivity index (χ1) is 15.0. The SMILES string of the molecule is CN(C)c1nc(N2CCCC2)ncc1NC(=O)c1cccc(Oc2ccc(F)cc2)c1. The number of carbonyl (C=O) groups excluding carboxylic acids is 1. The molecule has 160 valence electrons. The molecule has 7 nitrogen and oxygen atoms in total. The van der Waals surface area contributed by atoms with Gasteiger partial charge in [0.05, 0.1) is 6.20 Å². The van der Waals surface area contributed by atoms with Gasteiger partial charge in [-0.25, -0.2) is 9.37 Å². The number of amides is 1. The second-order valence-corrected chi connectivity index (χ2v) is 7.53. The van der Waals surface area contributed by atoms with Crippen molar-refractivity contribution in [3.05, 3.63) is 66.1 Å². The summed E-state index contributed by atoms with van der Waals surface area (Å²) >= 11 is 0. The van der Waals surface area contributed by atoms with E-state index < -0.39 is 0 Å². The smallest absolute Gasteiger partial charge is 0.255 e. The van der Waals surface area contributed by atoms with Crippen LogP contribution in [0.3, 0.4) is 0 Å². The molecule has 0 saturated carbocycles. The lowest BCUT2D eigenvalue weighted by Crippen LogP contribution is -2.23. The highest BCUT2D eigenvalue weighted by molar-refractivity contribution is 6.05. The summed E-state index contributed by atoms with van der Waals surface area (Å²) in [7, 11) is 3.76. The maximum absolute atomic E-state index is 13.1. The molecule has 1 aliphatic rings. The van der Waals surface area contributed by atoms with Crippen LogP contribution in [-0.4, -0.2) is 43.1 Å². The number of hydrogen-bond acceptors (Lipinski definition) is 6. The number of rotatable bonds is 6. The molecule has 1 amide bonds. The van der Waals surface area contributed by atoms with Crippen molar-refractivity contribution in [1.82, 2.24) is 9.97 Å². The summed E-state index contributed by atoms with van der Waals surface area (Å²) in [6.07, 6.45) is 3.91. The van der Waals surface area contributed by atoms with Crippen molar-refractivity contribution in [1.29, 1.82) is 0 Å². The van der Waals surface area contributed by atoms with Crippen molar-refractivity contribution in [2.45, 2.75) is 12.8 Å². The van der Waals surface area contributed by atoms with Gasteiger partial charge < -0.3 is 19.9 Å². The zero-order valence-electron chi connectivity index (χ0n) is 17.5. The molecule has 0 unspecified atom stereocenters. The molecule has 1 saturated heterocycles. The number of hydrogen-bond donors (Lipinski definition) is 1. The Labute approximate surface area is 180 Å². The Balaban J connectivity index is 1.51. The molecular formula is C23H24FN5O2. The Morgan fingerprint density at radius 2 is 1.84 bits per heavy atom. The van der Waals surface area contributed by atoms with Crippen LogP contribution < -0.4 is 19.9 Å². The van der Waals surface area contributed by atoms with Crippen LogP contribution in [-0.2, 0) is 0 Å². The first kappa shape index (κ1) is 20.6. The Kier molecular flexibility index (Phi) is 5.97. The van der Waals surface area contributed by atoms with Crippen molar-refractivity contribution in [2.75, 3.05) is 42.3 Å². The lowest BCUT2D eigenvalue weighted by molar-refractivity contribution is 0.102. The van der Waals surface area contributed by atoms with Crippen molar-refractivity contribution in [3.8, 4) is 11.5 Å². The van der Waals surface area contributed by atoms with Crippen LogP contribution in [0.5, 0.6) is 11.5 Å². The lowest BCUT2D eigenvalue weighted by atomic mass is 10.2. The Morgan fingerprint density at radius 3 is 2.55 bits per heavy atom. The van der Waals surface area contributed by atoms with E-state index in [4.69, 9.17) is 4.74 Å². The van der Waals surface area contributed by atoms with E-state index in [2.05, 4.69) is 20.2 Å². The summed E-state index contributed by atoms with van der Waals surface area (Å²) < 4.78 is 18.8. The van der Waals surface area contributed by atoms with Crippen LogP contribution in [0.1, 0.15) is 23.2 Å². The first-order valence-electron chi connectivity index (χ1n) is 10.1. The molecule has 2 aromatic carbocycles. The molecule has 3 aromatic rings. The predicted octanol–water partition coefficient (Wildman–Crippen LogP) is 4.33. The van der Waals surface area contributed by atoms with E-state index in [-0.39, 0.29) is 11.7 Å². The highest BCUT2D eigenvalue weighted by Gasteiger charge is 2.19. The maximum atomic E-state index is 13.1. The van der Waals surface area contributed by atoms with Crippen molar-refractivity contribution < 1.29 is 13.9 Å². The van der Waals surface area contributed by atoms with Crippen LogP contribution in [0.2, 0.25) is 0 Å². The summed E-state index contributed by atoms with van der Waals surface area (Å²) in [6.45, 7) is 1.89. The summed E-state index contributed by atoms with van der Waals surface area (Å²) in [6, 6.07) is 12.5. The Hall–Kier alpha value is -3.68. The van der Waals surface area contributed by atoms with Crippen molar-refractivity contribution in [2.24, 2.45) is 0 Å². The van der Waals surface area contributed by atoms with E-state index >= 15 is 0 Å². The quantitative estimate of drug-likeness (QED) is 0.639. The fourth-order valence-electron chi connectivity index (χ4n) is 3.40. The molecule has 31 heavy (non-hydrogen) atoms. The van der Waals surface area contributed by atoms with E-state index in [1.807, 2.05) is 19.0 Å². The van der Waals surface area contributed by atoms with Crippen LogP contribution in [0.4, 0.5) is 21.8 Å². The molecule has 0 aliphatic carbocycles. The molecule has 1 aliphatic heterocycles. The number of anilines is 3. The molecule has 0 atom stereocenters. The van der Waals surface area contributed by atoms with E-state index in [0.29, 0.717) is 34.5 Å². The minimum absolute atomic E-state index is 0.301. The molecule has 8 heteroatoms. The second-order valence-electron chi connectivity index (χ2n) is 7.53. The number of nitrogens with one attached hydrogen (secondary N) is 1. The molecular weight excluding hydrogens is 397 g/mol. The topological polar surface area (TPSA) is 70.6 Å². The molecule has 1 fully saturated rings. The number of halogens is 1. The van der Waals surface area contributed by atoms with Gasteiger partial charge in [0.25, 0.3) is 5.91 Å². The van der Waals surface area contributed by atoms with E-state index in [9.17, 15) is 9.18 Å². The third kappa shape index (κ3) is 4.91. The molecule has 0 bridgehead atoms. The number of carbonyl (C=O) groups is 1. The molecule has 0 radical (unpaired) electrons. The van der Waals surface area contributed by atoms with Crippen LogP contribution in [0, 0.1) is 5.82 Å². The molecule has 0 spiro atoms. The number of aromatic nitrogens is 2. The van der Waals surface area contributed by atoms with Gasteiger partial charge in [-0.2, -0.15) is 4.98 Å². The van der Waals surface area contributed by atoms with E-state index in [0.717, 1.165) is 25.9 Å². The van der Waals surface area contributed by atoms with E-state index in [1.54, 1.807) is 30.5 Å². The minimum Gasteiger partial charge on any atom is -0.457 e. The minimum atomic E-state index is -0.338. The summed E-state index contributed by atoms with van der Waals surface area (Å²) in [5.41, 5.74) is 0.954. The van der Waals surface area contributed by atoms with Gasteiger partial charge in [0.15, 0.2) is 5.82 Å². The highest BCUT2D eigenvalue weighted by atomic mass is 19.1. The van der Waals surface area contributed by atoms with E-state index in [1.165, 1.54) is 24.3 Å². The van der Waals surface area contributed by atoms with Crippen molar-refractivity contribution >= 4 is 23.4 Å². The van der Waals surface area contributed by atoms with Gasteiger partial charge in [0.2, 0.25) is 5.95 Å². The predicted molar refractivity (Wildman–Crippen MR) is 119 cm³/mol. The summed E-state index contributed by atoms with van der Waals surface area (Å²) in [5, 5.41) is 2.90. The van der Waals surface area contributed by atoms with Crippen LogP contribution >= 0.6 is 0 Å². The fourth-order valence-corrected chi connectivity index (χ4v) is 3.40. The van der Waals surface area contributed by atoms with Gasteiger partial charge in [-0.1, -0.05) is 6.07 Å². The van der Waals surface area contributed by atoms with Gasteiger partial charge in [-0.05, 0) is 55.3 Å². The zero-order chi connectivity index (χ0) is 21.8. The van der Waals surface area contributed by atoms with Crippen molar-refractivity contribution in [3.63, 3.8) is 0 Å². The third-order valence-corrected chi connectivity index (χ3v) is 4.96. The van der Waals surface area contributed by atoms with Gasteiger partial charge in [0, 0.05) is 32.7 Å². The summed E-state index contributed by atoms with van der Waals surface area (Å²) in [4.78, 5) is 26.0. The second kappa shape index (κ2) is 8.99. The lowest BCUT2D eigenvalue weighted by Gasteiger charge is -2.21. The molecule has 1 N–H and O–H groups in total. The number of benzene rings is 2. The Bertz CT molecular complexity index is 1070. The number of nitrogens with zero attached hydrogens (tertiary/aromatic N) is 4. The van der Waals surface area contributed by atoms with Gasteiger partial charge in [-0.3, -0.25) is 4.79 Å². The third-order valence-electron chi connectivity index (χ3n) is 4.96. The molecule has 2 heterocycles. The maximum Gasteiger partial charge on any atom is 0.255 e. The molecule has 4 rings (SSSR count). The largest absolute Gasteiger partial charge is 0.457 e. The fraction of sp³-hybridized carbons (Fsp3) is 0.261. The van der Waals surface area contributed by atoms with Gasteiger partial charge >= 0.3 is 0 Å². The highest BCUT2D eigenvalue weighted by Crippen LogP contribution is 2.27. The first-order valence-corrected chi connectivity index (χ1v) is 10.1. The average molecular weight is 421 g/mol. The van der Waals surface area contributed by atoms with Gasteiger partial charge in [0.1, 0.15) is 23.0 Å². The van der Waals surface area contributed by atoms with Crippen LogP contribution in [0.25, 0.3) is 0 Å². The monoisotopic (exact) mass is 421 g/mol. The average Bonchev–Trinajstić information content (AvgIpc) is 3.31. The van der Waals surface area contributed by atoms with Gasteiger partial charge in [-0.15, -0.1) is 0 Å². The summed E-state index contributed by atoms with van der Waals surface area (Å²) in [5.74, 6) is 1.64. The number of ether oxygens (including phenoxy) is 1. The zero-order valence-corrected chi connectivity index (χ0v) is 17.5. The van der Waals surface area contributed by atoms with Crippen LogP contribution in [0.15, 0.2) is 54.7 Å². The molecule has 1 aromatic heterocycles. The normalized spacial score (nSPS) is 13.2.